The molecule has 0 radical (unpaired) electrons. The van der Waals surface area contributed by atoms with Gasteiger partial charge >= 0.3 is 0 Å². The number of halogens is 2. The Kier molecular flexibility index (Phi) is 6.31. The van der Waals surface area contributed by atoms with Crippen LogP contribution in [0.3, 0.4) is 0 Å². The van der Waals surface area contributed by atoms with Gasteiger partial charge in [-0.1, -0.05) is 0 Å². The van der Waals surface area contributed by atoms with Gasteiger partial charge in [-0.25, -0.2) is 0 Å². The van der Waals surface area contributed by atoms with E-state index in [1.165, 1.54) is 0 Å². The second-order valence-corrected chi connectivity index (χ2v) is 4.75. The van der Waals surface area contributed by atoms with Crippen molar-refractivity contribution < 1.29 is 4.79 Å². The highest BCUT2D eigenvalue weighted by Crippen LogP contribution is 2.23. The van der Waals surface area contributed by atoms with E-state index in [1.807, 2.05) is 12.1 Å². The first-order chi connectivity index (χ1) is 8.72. The summed E-state index contributed by atoms with van der Waals surface area (Å²) in [7, 11) is 1.79. The van der Waals surface area contributed by atoms with Crippen LogP contribution in [-0.2, 0) is 4.79 Å². The number of likely N-dealkylation sites (N-methyl/N-ethyl adjacent to an activating group) is 1. The molecule has 106 valence electrons. The highest BCUT2D eigenvalue weighted by molar-refractivity contribution is 6.27. The van der Waals surface area contributed by atoms with Crippen molar-refractivity contribution in [2.75, 3.05) is 30.9 Å². The van der Waals surface area contributed by atoms with Gasteiger partial charge in [-0.15, -0.1) is 29.1 Å². The Balaban J connectivity index is 0.00000180. The van der Waals surface area contributed by atoms with Gasteiger partial charge in [0.05, 0.1) is 0 Å². The Labute approximate surface area is 124 Å². The zero-order valence-corrected chi connectivity index (χ0v) is 12.4. The molecule has 0 aromatic carbocycles. The van der Waals surface area contributed by atoms with Crippen LogP contribution < -0.4 is 4.90 Å². The van der Waals surface area contributed by atoms with Crippen molar-refractivity contribution in [3.63, 3.8) is 0 Å². The normalized spacial score (nSPS) is 18.0. The van der Waals surface area contributed by atoms with Crippen LogP contribution in [0.1, 0.15) is 12.8 Å². The van der Waals surface area contributed by atoms with E-state index in [4.69, 9.17) is 11.6 Å². The molecule has 5 nitrogen and oxygen atoms in total. The zero-order valence-electron chi connectivity index (χ0n) is 10.8. The molecule has 7 heteroatoms. The van der Waals surface area contributed by atoms with Crippen molar-refractivity contribution in [1.29, 1.82) is 0 Å². The number of hydrogen-bond donors (Lipinski definition) is 0. The number of carbonyl (C=O) groups excluding carboxylic acids is 1. The second-order valence-electron chi connectivity index (χ2n) is 4.48. The highest BCUT2D eigenvalue weighted by Gasteiger charge is 2.27. The molecule has 2 heterocycles. The van der Waals surface area contributed by atoms with Gasteiger partial charge in [0, 0.05) is 32.4 Å². The molecule has 0 aliphatic carbocycles. The Bertz CT molecular complexity index is 404. The molecule has 0 saturated carbocycles. The molecule has 0 bridgehead atoms. The summed E-state index contributed by atoms with van der Waals surface area (Å²) in [6, 6.07) is 4.14. The van der Waals surface area contributed by atoms with E-state index in [-0.39, 0.29) is 24.2 Å². The number of anilines is 1. The van der Waals surface area contributed by atoms with Gasteiger partial charge < -0.3 is 9.80 Å². The molecular formula is C12H18Cl2N4O. The predicted octanol–water partition coefficient (Wildman–Crippen LogP) is 1.56. The monoisotopic (exact) mass is 304 g/mol. The lowest BCUT2D eigenvalue weighted by Crippen LogP contribution is -2.42. The van der Waals surface area contributed by atoms with E-state index in [9.17, 15) is 4.79 Å². The third kappa shape index (κ3) is 3.94. The summed E-state index contributed by atoms with van der Waals surface area (Å²) in [5.74, 6) is 0.878. The first-order valence-electron chi connectivity index (χ1n) is 6.06. The summed E-state index contributed by atoms with van der Waals surface area (Å²) in [4.78, 5) is 15.4. The maximum absolute atomic E-state index is 11.5. The first-order valence-corrected chi connectivity index (χ1v) is 6.60. The number of hydrogen-bond acceptors (Lipinski definition) is 4. The van der Waals surface area contributed by atoms with Crippen molar-refractivity contribution in [2.24, 2.45) is 0 Å². The maximum atomic E-state index is 11.5. The second kappa shape index (κ2) is 7.50. The van der Waals surface area contributed by atoms with Crippen LogP contribution in [-0.4, -0.2) is 53.1 Å². The first kappa shape index (κ1) is 16.0. The number of alkyl halides is 1. The minimum atomic E-state index is -0.0392. The van der Waals surface area contributed by atoms with Crippen LogP contribution in [0.5, 0.6) is 0 Å². The molecule has 1 aliphatic rings. The molecule has 1 aliphatic heterocycles. The molecule has 0 spiro atoms. The van der Waals surface area contributed by atoms with Crippen molar-refractivity contribution in [1.82, 2.24) is 15.1 Å². The van der Waals surface area contributed by atoms with Gasteiger partial charge in [-0.05, 0) is 25.0 Å². The molecule has 1 amide bonds. The summed E-state index contributed by atoms with van der Waals surface area (Å²) < 4.78 is 0. The van der Waals surface area contributed by atoms with Crippen LogP contribution in [0.4, 0.5) is 5.82 Å². The van der Waals surface area contributed by atoms with E-state index in [1.54, 1.807) is 18.1 Å². The van der Waals surface area contributed by atoms with Gasteiger partial charge in [-0.3, -0.25) is 4.79 Å². The molecular weight excluding hydrogens is 287 g/mol. The average Bonchev–Trinajstić information content (AvgIpc) is 2.86. The smallest absolute Gasteiger partial charge is 0.237 e. The van der Waals surface area contributed by atoms with Crippen LogP contribution in [0.25, 0.3) is 0 Å². The lowest BCUT2D eigenvalue weighted by atomic mass is 10.2. The van der Waals surface area contributed by atoms with Crippen molar-refractivity contribution in [3.05, 3.63) is 18.3 Å². The van der Waals surface area contributed by atoms with E-state index in [0.717, 1.165) is 25.2 Å². The Morgan fingerprint density at radius 2 is 2.42 bits per heavy atom. The number of amides is 1. The number of rotatable bonds is 4. The summed E-state index contributed by atoms with van der Waals surface area (Å²) in [6.45, 7) is 1.65. The predicted molar refractivity (Wildman–Crippen MR) is 78.0 cm³/mol. The Morgan fingerprint density at radius 3 is 3.05 bits per heavy atom. The summed E-state index contributed by atoms with van der Waals surface area (Å²) in [5.41, 5.74) is 0. The molecule has 1 aromatic heterocycles. The summed E-state index contributed by atoms with van der Waals surface area (Å²) in [6.07, 6.45) is 3.85. The molecule has 1 aromatic rings. The molecule has 1 saturated heterocycles. The maximum Gasteiger partial charge on any atom is 0.237 e. The molecule has 1 fully saturated rings. The molecule has 1 unspecified atom stereocenters. The minimum Gasteiger partial charge on any atom is -0.350 e. The van der Waals surface area contributed by atoms with Crippen molar-refractivity contribution in [2.45, 2.75) is 18.9 Å². The molecule has 0 N–H and O–H groups in total. The third-order valence-electron chi connectivity index (χ3n) is 3.25. The lowest BCUT2D eigenvalue weighted by Gasteiger charge is -2.28. The van der Waals surface area contributed by atoms with E-state index >= 15 is 0 Å². The van der Waals surface area contributed by atoms with Crippen LogP contribution in [0.2, 0.25) is 0 Å². The van der Waals surface area contributed by atoms with Crippen LogP contribution in [0.15, 0.2) is 18.3 Å². The quantitative estimate of drug-likeness (QED) is 0.792. The fourth-order valence-electron chi connectivity index (χ4n) is 2.29. The standard InChI is InChI=1S/C12H17ClN4O.ClH/c1-16(12(18)8-13)9-10-4-3-7-17(10)11-5-2-6-14-15-11;/h2,5-6,10H,3-4,7-9H2,1H3;1H. The third-order valence-corrected chi connectivity index (χ3v) is 3.48. The van der Waals surface area contributed by atoms with E-state index in [2.05, 4.69) is 15.1 Å². The number of carbonyl (C=O) groups is 1. The fourth-order valence-corrected chi connectivity index (χ4v) is 2.50. The highest BCUT2D eigenvalue weighted by atomic mass is 35.5. The average molecular weight is 305 g/mol. The summed E-state index contributed by atoms with van der Waals surface area (Å²) in [5, 5.41) is 8.03. The fraction of sp³-hybridized carbons (Fsp3) is 0.583. The molecule has 19 heavy (non-hydrogen) atoms. The molecule has 1 atom stereocenters. The Hall–Kier alpha value is -1.07. The molecule has 2 rings (SSSR count). The van der Waals surface area contributed by atoms with Gasteiger partial charge in [0.1, 0.15) is 5.88 Å². The summed E-state index contributed by atoms with van der Waals surface area (Å²) >= 11 is 5.56. The van der Waals surface area contributed by atoms with Gasteiger partial charge in [-0.2, -0.15) is 5.10 Å². The van der Waals surface area contributed by atoms with Crippen molar-refractivity contribution in [3.8, 4) is 0 Å². The topological polar surface area (TPSA) is 49.3 Å². The van der Waals surface area contributed by atoms with Crippen LogP contribution in [0, 0.1) is 0 Å². The van der Waals surface area contributed by atoms with Crippen LogP contribution >= 0.6 is 24.0 Å². The van der Waals surface area contributed by atoms with E-state index in [0.29, 0.717) is 12.6 Å². The largest absolute Gasteiger partial charge is 0.350 e. The lowest BCUT2D eigenvalue weighted by molar-refractivity contribution is -0.127. The number of aromatic nitrogens is 2. The number of nitrogens with zero attached hydrogens (tertiary/aromatic N) is 4. The van der Waals surface area contributed by atoms with E-state index < -0.39 is 0 Å². The van der Waals surface area contributed by atoms with Gasteiger partial charge in [0.25, 0.3) is 0 Å². The van der Waals surface area contributed by atoms with Gasteiger partial charge in [0.2, 0.25) is 5.91 Å². The SMILES string of the molecule is CN(CC1CCCN1c1cccnn1)C(=O)CCl.Cl. The van der Waals surface area contributed by atoms with Crippen molar-refractivity contribution >= 4 is 35.7 Å². The minimum absolute atomic E-state index is 0. The Morgan fingerprint density at radius 1 is 1.63 bits per heavy atom. The van der Waals surface area contributed by atoms with Gasteiger partial charge in [0.15, 0.2) is 5.82 Å². The zero-order chi connectivity index (χ0) is 13.0.